The lowest BCUT2D eigenvalue weighted by atomic mass is 10.1. The number of rotatable bonds is 13. The van der Waals surface area contributed by atoms with E-state index in [0.29, 0.717) is 24.8 Å². The van der Waals surface area contributed by atoms with Gasteiger partial charge in [0.25, 0.3) is 0 Å². The molecule has 0 rings (SSSR count). The van der Waals surface area contributed by atoms with E-state index >= 15 is 0 Å². The van der Waals surface area contributed by atoms with Gasteiger partial charge in [-0.2, -0.15) is 0 Å². The Labute approximate surface area is 162 Å². The van der Waals surface area contributed by atoms with Crippen molar-refractivity contribution in [3.8, 4) is 0 Å². The smallest absolute Gasteiger partial charge is 0.334 e. The highest BCUT2D eigenvalue weighted by Gasteiger charge is 2.09. The maximum atomic E-state index is 11.9. The van der Waals surface area contributed by atoms with Crippen LogP contribution in [-0.2, 0) is 28.6 Å². The summed E-state index contributed by atoms with van der Waals surface area (Å²) in [6.45, 7) is 3.45. The summed E-state index contributed by atoms with van der Waals surface area (Å²) in [4.78, 5) is 34.1. The molecule has 1 atom stereocenters. The summed E-state index contributed by atoms with van der Waals surface area (Å²) in [5, 5.41) is 0. The number of methoxy groups -OCH3 is 2. The predicted molar refractivity (Wildman–Crippen MR) is 104 cm³/mol. The SMILES string of the molecule is CCCCC(/C=C/C=C(\C/C=C\CCCC(=O)OC)C(=O)OC)OC(C)=O. The zero-order valence-electron chi connectivity index (χ0n) is 16.9. The molecule has 0 aliphatic carbocycles. The van der Waals surface area contributed by atoms with Gasteiger partial charge in [0.15, 0.2) is 0 Å². The van der Waals surface area contributed by atoms with Gasteiger partial charge < -0.3 is 14.2 Å². The third-order valence-corrected chi connectivity index (χ3v) is 3.71. The van der Waals surface area contributed by atoms with Crippen LogP contribution < -0.4 is 0 Å². The highest BCUT2D eigenvalue weighted by Crippen LogP contribution is 2.10. The van der Waals surface area contributed by atoms with Gasteiger partial charge in [0, 0.05) is 18.9 Å². The van der Waals surface area contributed by atoms with Crippen LogP contribution in [0.1, 0.15) is 58.8 Å². The number of hydrogen-bond acceptors (Lipinski definition) is 6. The second-order valence-corrected chi connectivity index (χ2v) is 6.00. The molecule has 1 unspecified atom stereocenters. The van der Waals surface area contributed by atoms with Crippen LogP contribution in [-0.4, -0.2) is 38.2 Å². The van der Waals surface area contributed by atoms with Crippen LogP contribution in [0.25, 0.3) is 0 Å². The van der Waals surface area contributed by atoms with Gasteiger partial charge in [0.1, 0.15) is 6.10 Å². The van der Waals surface area contributed by atoms with Crippen molar-refractivity contribution < 1.29 is 28.6 Å². The standard InChI is InChI=1S/C21H32O6/c1-5-6-14-19(27-17(2)22)15-11-13-18(21(24)26-4)12-9-7-8-10-16-20(23)25-3/h7,9,11,13,15,19H,5-6,8,10,12,14,16H2,1-4H3/b9-7-,15-11+,18-13+. The van der Waals surface area contributed by atoms with Gasteiger partial charge in [-0.05, 0) is 38.2 Å². The molecule has 27 heavy (non-hydrogen) atoms. The summed E-state index contributed by atoms with van der Waals surface area (Å²) in [5.41, 5.74) is 0.495. The summed E-state index contributed by atoms with van der Waals surface area (Å²) >= 11 is 0. The molecular weight excluding hydrogens is 348 g/mol. The van der Waals surface area contributed by atoms with Crippen LogP contribution in [0.3, 0.4) is 0 Å². The van der Waals surface area contributed by atoms with Crippen molar-refractivity contribution >= 4 is 17.9 Å². The Morgan fingerprint density at radius 1 is 1.04 bits per heavy atom. The molecule has 0 aromatic heterocycles. The number of ether oxygens (including phenoxy) is 3. The number of unbranched alkanes of at least 4 members (excludes halogenated alkanes) is 2. The van der Waals surface area contributed by atoms with Crippen molar-refractivity contribution in [3.63, 3.8) is 0 Å². The zero-order chi connectivity index (χ0) is 20.5. The first-order chi connectivity index (χ1) is 12.9. The van der Waals surface area contributed by atoms with Gasteiger partial charge in [0.05, 0.1) is 14.2 Å². The Kier molecular flexibility index (Phi) is 14.5. The minimum absolute atomic E-state index is 0.228. The van der Waals surface area contributed by atoms with Crippen LogP contribution >= 0.6 is 0 Å². The van der Waals surface area contributed by atoms with E-state index in [1.54, 1.807) is 18.2 Å². The summed E-state index contributed by atoms with van der Waals surface area (Å²) in [6.07, 6.45) is 13.6. The van der Waals surface area contributed by atoms with Gasteiger partial charge in [-0.15, -0.1) is 0 Å². The Bertz CT molecular complexity index is 545. The Morgan fingerprint density at radius 2 is 1.78 bits per heavy atom. The molecule has 0 heterocycles. The lowest BCUT2D eigenvalue weighted by molar-refractivity contribution is -0.144. The van der Waals surface area contributed by atoms with Gasteiger partial charge in [-0.25, -0.2) is 4.79 Å². The normalized spacial score (nSPS) is 13.0. The van der Waals surface area contributed by atoms with Crippen LogP contribution in [0.15, 0.2) is 36.0 Å². The number of carbonyl (C=O) groups excluding carboxylic acids is 3. The van der Waals surface area contributed by atoms with Crippen molar-refractivity contribution in [1.29, 1.82) is 0 Å². The molecule has 0 aromatic rings. The molecular formula is C21H32O6. The molecule has 6 heteroatoms. The molecule has 152 valence electrons. The van der Waals surface area contributed by atoms with E-state index in [1.807, 2.05) is 12.2 Å². The Morgan fingerprint density at radius 3 is 2.37 bits per heavy atom. The van der Waals surface area contributed by atoms with E-state index in [-0.39, 0.29) is 18.0 Å². The highest BCUT2D eigenvalue weighted by atomic mass is 16.5. The minimum Gasteiger partial charge on any atom is -0.469 e. The van der Waals surface area contributed by atoms with Crippen LogP contribution in [0.5, 0.6) is 0 Å². The quantitative estimate of drug-likeness (QED) is 0.120. The number of carbonyl (C=O) groups is 3. The molecule has 0 amide bonds. The molecule has 6 nitrogen and oxygen atoms in total. The first-order valence-corrected chi connectivity index (χ1v) is 9.29. The lowest BCUT2D eigenvalue weighted by Crippen LogP contribution is -2.13. The average molecular weight is 380 g/mol. The second kappa shape index (κ2) is 15.9. The van der Waals surface area contributed by atoms with Crippen LogP contribution in [0, 0.1) is 0 Å². The molecule has 0 bridgehead atoms. The van der Waals surface area contributed by atoms with Crippen molar-refractivity contribution in [2.24, 2.45) is 0 Å². The third-order valence-electron chi connectivity index (χ3n) is 3.71. The topological polar surface area (TPSA) is 78.9 Å². The van der Waals surface area contributed by atoms with E-state index in [0.717, 1.165) is 25.7 Å². The molecule has 0 fully saturated rings. The third kappa shape index (κ3) is 13.5. The summed E-state index contributed by atoms with van der Waals surface area (Å²) in [5.74, 6) is -0.960. The first-order valence-electron chi connectivity index (χ1n) is 9.29. The Hall–Kier alpha value is -2.37. The van der Waals surface area contributed by atoms with Crippen molar-refractivity contribution in [2.75, 3.05) is 14.2 Å². The molecule has 0 saturated heterocycles. The molecule has 0 aromatic carbocycles. The zero-order valence-corrected chi connectivity index (χ0v) is 16.9. The molecule has 0 spiro atoms. The van der Waals surface area contributed by atoms with Crippen LogP contribution in [0.4, 0.5) is 0 Å². The van der Waals surface area contributed by atoms with Gasteiger partial charge in [0.2, 0.25) is 0 Å². The molecule has 0 aliphatic rings. The largest absolute Gasteiger partial charge is 0.469 e. The first kappa shape index (κ1) is 24.6. The van der Waals surface area contributed by atoms with E-state index in [9.17, 15) is 14.4 Å². The van der Waals surface area contributed by atoms with Crippen molar-refractivity contribution in [3.05, 3.63) is 36.0 Å². The van der Waals surface area contributed by atoms with Gasteiger partial charge in [-0.3, -0.25) is 9.59 Å². The molecule has 0 radical (unpaired) electrons. The average Bonchev–Trinajstić information content (AvgIpc) is 2.65. The number of esters is 3. The van der Waals surface area contributed by atoms with E-state index in [4.69, 9.17) is 9.47 Å². The van der Waals surface area contributed by atoms with E-state index in [2.05, 4.69) is 11.7 Å². The molecule has 0 N–H and O–H groups in total. The fourth-order valence-electron chi connectivity index (χ4n) is 2.25. The van der Waals surface area contributed by atoms with Gasteiger partial charge >= 0.3 is 17.9 Å². The molecule has 0 aliphatic heterocycles. The van der Waals surface area contributed by atoms with Crippen molar-refractivity contribution in [1.82, 2.24) is 0 Å². The lowest BCUT2D eigenvalue weighted by Gasteiger charge is -2.12. The maximum absolute atomic E-state index is 11.9. The summed E-state index contributed by atoms with van der Waals surface area (Å²) in [6, 6.07) is 0. The Balaban J connectivity index is 4.73. The number of hydrogen-bond donors (Lipinski definition) is 0. The summed E-state index contributed by atoms with van der Waals surface area (Å²) < 4.78 is 14.6. The van der Waals surface area contributed by atoms with Crippen molar-refractivity contribution in [2.45, 2.75) is 64.9 Å². The van der Waals surface area contributed by atoms with Gasteiger partial charge in [-0.1, -0.05) is 37.6 Å². The minimum atomic E-state index is -0.406. The fourth-order valence-corrected chi connectivity index (χ4v) is 2.25. The number of allylic oxidation sites excluding steroid dienone is 4. The summed E-state index contributed by atoms with van der Waals surface area (Å²) in [7, 11) is 2.70. The maximum Gasteiger partial charge on any atom is 0.334 e. The second-order valence-electron chi connectivity index (χ2n) is 6.00. The molecule has 0 saturated carbocycles. The monoisotopic (exact) mass is 380 g/mol. The predicted octanol–water partition coefficient (Wildman–Crippen LogP) is 4.05. The van der Waals surface area contributed by atoms with E-state index in [1.165, 1.54) is 21.1 Å². The van der Waals surface area contributed by atoms with E-state index < -0.39 is 5.97 Å². The highest BCUT2D eigenvalue weighted by molar-refractivity contribution is 5.89. The fraction of sp³-hybridized carbons (Fsp3) is 0.571. The van der Waals surface area contributed by atoms with Crippen LogP contribution in [0.2, 0.25) is 0 Å².